The zero-order chi connectivity index (χ0) is 9.73. The Morgan fingerprint density at radius 2 is 2.00 bits per heavy atom. The van der Waals surface area contributed by atoms with Gasteiger partial charge in [0.1, 0.15) is 0 Å². The maximum absolute atomic E-state index is 11.2. The fourth-order valence-electron chi connectivity index (χ4n) is 1.67. The third-order valence-electron chi connectivity index (χ3n) is 2.64. The van der Waals surface area contributed by atoms with Gasteiger partial charge in [-0.1, -0.05) is 26.2 Å². The van der Waals surface area contributed by atoms with Crippen LogP contribution in [0.3, 0.4) is 0 Å². The van der Waals surface area contributed by atoms with Crippen molar-refractivity contribution in [1.82, 2.24) is 0 Å². The third kappa shape index (κ3) is 4.26. The predicted molar refractivity (Wildman–Crippen MR) is 52.9 cm³/mol. The summed E-state index contributed by atoms with van der Waals surface area (Å²) in [5.74, 6) is 0.515. The molecule has 0 aliphatic heterocycles. The minimum atomic E-state index is -3.24. The molecular formula is C9H19O3P. The molecule has 0 spiro atoms. The summed E-state index contributed by atoms with van der Waals surface area (Å²) in [7, 11) is -3.24. The average molecular weight is 206 g/mol. The van der Waals surface area contributed by atoms with Crippen LogP contribution in [0.5, 0.6) is 0 Å². The Morgan fingerprint density at radius 1 is 1.38 bits per heavy atom. The number of hydrogen-bond donors (Lipinski definition) is 1. The van der Waals surface area contributed by atoms with Gasteiger partial charge in [-0.25, -0.2) is 0 Å². The lowest BCUT2D eigenvalue weighted by atomic mass is 9.90. The standard InChI is InChI=1S/C9H19O3P/c1-2-13(10,11)12-8-9-6-4-3-5-7-9/h9H,2-8H2,1H3,(H,10,11). The minimum Gasteiger partial charge on any atom is -0.324 e. The molecule has 1 fully saturated rings. The second-order valence-corrected chi connectivity index (χ2v) is 5.92. The van der Waals surface area contributed by atoms with Crippen molar-refractivity contribution in [2.24, 2.45) is 5.92 Å². The van der Waals surface area contributed by atoms with Gasteiger partial charge in [-0.2, -0.15) is 0 Å². The van der Waals surface area contributed by atoms with Crippen LogP contribution in [0, 0.1) is 5.92 Å². The molecule has 13 heavy (non-hydrogen) atoms. The summed E-state index contributed by atoms with van der Waals surface area (Å²) >= 11 is 0. The quantitative estimate of drug-likeness (QED) is 0.719. The number of rotatable bonds is 4. The van der Waals surface area contributed by atoms with E-state index in [-0.39, 0.29) is 6.16 Å². The molecule has 1 atom stereocenters. The Balaban J connectivity index is 2.21. The molecule has 1 saturated carbocycles. The van der Waals surface area contributed by atoms with Crippen molar-refractivity contribution in [3.8, 4) is 0 Å². The van der Waals surface area contributed by atoms with Crippen molar-refractivity contribution < 1.29 is 14.0 Å². The molecule has 0 radical (unpaired) electrons. The largest absolute Gasteiger partial charge is 0.327 e. The van der Waals surface area contributed by atoms with Gasteiger partial charge >= 0.3 is 7.60 Å². The van der Waals surface area contributed by atoms with E-state index in [1.165, 1.54) is 19.3 Å². The van der Waals surface area contributed by atoms with Crippen molar-refractivity contribution in [3.05, 3.63) is 0 Å². The topological polar surface area (TPSA) is 46.5 Å². The molecule has 0 heterocycles. The van der Waals surface area contributed by atoms with E-state index in [2.05, 4.69) is 0 Å². The van der Waals surface area contributed by atoms with Gasteiger partial charge in [-0.3, -0.25) is 4.57 Å². The molecule has 1 aliphatic rings. The van der Waals surface area contributed by atoms with Gasteiger partial charge in [0.05, 0.1) is 6.61 Å². The van der Waals surface area contributed by atoms with E-state index in [0.717, 1.165) is 12.8 Å². The molecule has 78 valence electrons. The van der Waals surface area contributed by atoms with E-state index < -0.39 is 7.60 Å². The van der Waals surface area contributed by atoms with Crippen LogP contribution in [0.2, 0.25) is 0 Å². The lowest BCUT2D eigenvalue weighted by molar-refractivity contribution is 0.187. The van der Waals surface area contributed by atoms with Crippen molar-refractivity contribution in [2.45, 2.75) is 39.0 Å². The first-order valence-electron chi connectivity index (χ1n) is 5.10. The number of hydrogen-bond acceptors (Lipinski definition) is 2. The zero-order valence-electron chi connectivity index (χ0n) is 8.24. The smallest absolute Gasteiger partial charge is 0.324 e. The highest BCUT2D eigenvalue weighted by Crippen LogP contribution is 2.42. The molecule has 3 nitrogen and oxygen atoms in total. The van der Waals surface area contributed by atoms with Gasteiger partial charge in [0.2, 0.25) is 0 Å². The van der Waals surface area contributed by atoms with Crippen LogP contribution in [0.4, 0.5) is 0 Å². The van der Waals surface area contributed by atoms with Crippen molar-refractivity contribution in [2.75, 3.05) is 12.8 Å². The molecule has 0 aromatic heterocycles. The van der Waals surface area contributed by atoms with Crippen LogP contribution in [0.15, 0.2) is 0 Å². The van der Waals surface area contributed by atoms with Crippen LogP contribution in [0.1, 0.15) is 39.0 Å². The molecule has 1 unspecified atom stereocenters. The van der Waals surface area contributed by atoms with Crippen LogP contribution in [-0.4, -0.2) is 17.7 Å². The fraction of sp³-hybridized carbons (Fsp3) is 1.00. The molecule has 1 rings (SSSR count). The van der Waals surface area contributed by atoms with Crippen LogP contribution in [0.25, 0.3) is 0 Å². The molecule has 0 aromatic rings. The van der Waals surface area contributed by atoms with Crippen LogP contribution in [-0.2, 0) is 9.09 Å². The fourth-order valence-corrected chi connectivity index (χ4v) is 2.29. The third-order valence-corrected chi connectivity index (χ3v) is 3.99. The molecule has 4 heteroatoms. The average Bonchev–Trinajstić information content (AvgIpc) is 2.17. The first-order valence-corrected chi connectivity index (χ1v) is 6.86. The molecule has 0 bridgehead atoms. The second-order valence-electron chi connectivity index (χ2n) is 3.75. The Kier molecular flexibility index (Phi) is 4.43. The zero-order valence-corrected chi connectivity index (χ0v) is 9.13. The molecule has 0 amide bonds. The van der Waals surface area contributed by atoms with Crippen LogP contribution >= 0.6 is 7.60 Å². The normalized spacial score (nSPS) is 24.2. The summed E-state index contributed by atoms with van der Waals surface area (Å²) in [5, 5.41) is 0. The first-order chi connectivity index (χ1) is 6.14. The van der Waals surface area contributed by atoms with E-state index in [1.54, 1.807) is 6.92 Å². The van der Waals surface area contributed by atoms with Gasteiger partial charge in [-0.15, -0.1) is 0 Å². The Labute approximate surface area is 80.0 Å². The molecule has 1 N–H and O–H groups in total. The summed E-state index contributed by atoms with van der Waals surface area (Å²) in [6.45, 7) is 2.16. The summed E-state index contributed by atoms with van der Waals surface area (Å²) in [6, 6.07) is 0. The van der Waals surface area contributed by atoms with Crippen molar-refractivity contribution in [1.29, 1.82) is 0 Å². The van der Waals surface area contributed by atoms with Gasteiger partial charge in [0.15, 0.2) is 0 Å². The molecule has 0 saturated heterocycles. The van der Waals surface area contributed by atoms with E-state index in [9.17, 15) is 9.46 Å². The SMILES string of the molecule is CCP(=O)(O)OCC1CCCCC1. The van der Waals surface area contributed by atoms with Gasteiger partial charge in [0, 0.05) is 6.16 Å². The molecule has 1 aliphatic carbocycles. The van der Waals surface area contributed by atoms with E-state index in [0.29, 0.717) is 12.5 Å². The van der Waals surface area contributed by atoms with E-state index in [1.807, 2.05) is 0 Å². The van der Waals surface area contributed by atoms with E-state index in [4.69, 9.17) is 4.52 Å². The maximum Gasteiger partial charge on any atom is 0.327 e. The second kappa shape index (κ2) is 5.14. The Bertz CT molecular complexity index is 187. The highest BCUT2D eigenvalue weighted by molar-refractivity contribution is 7.52. The summed E-state index contributed by atoms with van der Waals surface area (Å²) in [5.41, 5.74) is 0. The van der Waals surface area contributed by atoms with Crippen molar-refractivity contribution >= 4 is 7.60 Å². The summed E-state index contributed by atoms with van der Waals surface area (Å²) in [4.78, 5) is 9.19. The highest BCUT2D eigenvalue weighted by Gasteiger charge is 2.20. The van der Waals surface area contributed by atoms with Crippen molar-refractivity contribution in [3.63, 3.8) is 0 Å². The lowest BCUT2D eigenvalue weighted by Gasteiger charge is -2.22. The highest BCUT2D eigenvalue weighted by atomic mass is 31.2. The monoisotopic (exact) mass is 206 g/mol. The lowest BCUT2D eigenvalue weighted by Crippen LogP contribution is -2.12. The van der Waals surface area contributed by atoms with Crippen LogP contribution < -0.4 is 0 Å². The van der Waals surface area contributed by atoms with Gasteiger partial charge in [0.25, 0.3) is 0 Å². The predicted octanol–water partition coefficient (Wildman–Crippen LogP) is 2.79. The minimum absolute atomic E-state index is 0.222. The summed E-state index contributed by atoms with van der Waals surface area (Å²) < 4.78 is 16.2. The van der Waals surface area contributed by atoms with E-state index >= 15 is 0 Å². The van der Waals surface area contributed by atoms with Gasteiger partial charge < -0.3 is 9.42 Å². The Hall–Kier alpha value is 0.150. The molecular weight excluding hydrogens is 187 g/mol. The maximum atomic E-state index is 11.2. The molecule has 0 aromatic carbocycles. The summed E-state index contributed by atoms with van der Waals surface area (Å²) in [6.07, 6.45) is 6.33. The van der Waals surface area contributed by atoms with Gasteiger partial charge in [-0.05, 0) is 18.8 Å². The first kappa shape index (κ1) is 11.2. The Morgan fingerprint density at radius 3 is 2.54 bits per heavy atom.